The van der Waals surface area contributed by atoms with E-state index in [1.807, 2.05) is 42.7 Å². The Labute approximate surface area is 265 Å². The first-order valence-corrected chi connectivity index (χ1v) is 15.4. The molecule has 0 aliphatic carbocycles. The van der Waals surface area contributed by atoms with Crippen LogP contribution in [0.5, 0.6) is 0 Å². The van der Waals surface area contributed by atoms with Crippen molar-refractivity contribution in [1.82, 2.24) is 19.9 Å². The first-order chi connectivity index (χ1) is 22.8. The van der Waals surface area contributed by atoms with Gasteiger partial charge in [0.25, 0.3) is 0 Å². The summed E-state index contributed by atoms with van der Waals surface area (Å²) < 4.78 is 0. The van der Waals surface area contributed by atoms with Crippen molar-refractivity contribution in [3.05, 3.63) is 158 Å². The lowest BCUT2D eigenvalue weighted by Gasteiger charge is -2.15. The fraction of sp³-hybridized carbons (Fsp3) is 0. The fourth-order valence-corrected chi connectivity index (χ4v) is 6.49. The van der Waals surface area contributed by atoms with E-state index in [0.717, 1.165) is 83.0 Å². The maximum absolute atomic E-state index is 5.30. The third-order valence-electron chi connectivity index (χ3n) is 8.72. The van der Waals surface area contributed by atoms with E-state index in [1.54, 1.807) is 0 Å². The molecule has 4 aromatic heterocycles. The predicted octanol–water partition coefficient (Wildman–Crippen LogP) is 10.5. The average Bonchev–Trinajstić information content (AvgIpc) is 3.14. The zero-order valence-electron chi connectivity index (χ0n) is 24.8. The van der Waals surface area contributed by atoms with E-state index in [4.69, 9.17) is 15.0 Å². The summed E-state index contributed by atoms with van der Waals surface area (Å²) in [6.07, 6.45) is 3.74. The summed E-state index contributed by atoms with van der Waals surface area (Å²) in [5, 5.41) is 5.51. The van der Waals surface area contributed by atoms with Crippen LogP contribution in [0.3, 0.4) is 0 Å². The quantitative estimate of drug-likeness (QED) is 0.193. The standard InChI is InChI=1S/C42H26N4/c1-3-9-27(10-4-1)36-22-19-29-16-17-30-20-23-37(45-42(30)41(29)44-36)31-18-21-34-38(25-31)46-40(28-11-5-2-6-12-28)35-15-7-14-33(39(34)35)32-13-8-24-43-26-32/h1-26H. The second kappa shape index (κ2) is 10.7. The molecule has 46 heavy (non-hydrogen) atoms. The van der Waals surface area contributed by atoms with Crippen molar-refractivity contribution in [2.45, 2.75) is 0 Å². The van der Waals surface area contributed by atoms with Gasteiger partial charge in [-0.15, -0.1) is 0 Å². The molecule has 0 N–H and O–H groups in total. The average molecular weight is 587 g/mol. The number of benzene rings is 5. The lowest BCUT2D eigenvalue weighted by molar-refractivity contribution is 1.33. The molecule has 5 aromatic carbocycles. The summed E-state index contributed by atoms with van der Waals surface area (Å²) >= 11 is 0. The van der Waals surface area contributed by atoms with E-state index in [2.05, 4.69) is 120 Å². The summed E-state index contributed by atoms with van der Waals surface area (Å²) in [5.41, 5.74) is 10.9. The summed E-state index contributed by atoms with van der Waals surface area (Å²) in [4.78, 5) is 20.0. The van der Waals surface area contributed by atoms with Crippen LogP contribution in [0.2, 0.25) is 0 Å². The molecular weight excluding hydrogens is 560 g/mol. The smallest absolute Gasteiger partial charge is 0.0972 e. The molecule has 0 atom stereocenters. The number of fused-ring (bicyclic) bond motifs is 6. The Kier molecular flexibility index (Phi) is 6.10. The minimum atomic E-state index is 0.887. The molecule has 0 spiro atoms. The van der Waals surface area contributed by atoms with Crippen LogP contribution >= 0.6 is 0 Å². The molecule has 0 amide bonds. The van der Waals surface area contributed by atoms with Crippen molar-refractivity contribution in [2.75, 3.05) is 0 Å². The van der Waals surface area contributed by atoms with Crippen LogP contribution in [0.25, 0.3) is 88.4 Å². The van der Waals surface area contributed by atoms with Gasteiger partial charge in [-0.25, -0.2) is 15.0 Å². The molecule has 4 nitrogen and oxygen atoms in total. The van der Waals surface area contributed by atoms with E-state index in [9.17, 15) is 0 Å². The van der Waals surface area contributed by atoms with Gasteiger partial charge in [-0.05, 0) is 29.8 Å². The van der Waals surface area contributed by atoms with Crippen molar-refractivity contribution in [3.63, 3.8) is 0 Å². The molecule has 0 saturated carbocycles. The summed E-state index contributed by atoms with van der Waals surface area (Å²) in [6.45, 7) is 0. The van der Waals surface area contributed by atoms with Gasteiger partial charge in [0.15, 0.2) is 0 Å². The molecule has 0 radical (unpaired) electrons. The van der Waals surface area contributed by atoms with E-state index in [-0.39, 0.29) is 0 Å². The Bertz CT molecular complexity index is 2560. The molecule has 4 heterocycles. The molecule has 0 saturated heterocycles. The number of rotatable bonds is 4. The van der Waals surface area contributed by atoms with Crippen LogP contribution in [0.4, 0.5) is 0 Å². The maximum atomic E-state index is 5.30. The van der Waals surface area contributed by atoms with Crippen LogP contribution in [0.1, 0.15) is 0 Å². The van der Waals surface area contributed by atoms with Gasteiger partial charge < -0.3 is 0 Å². The van der Waals surface area contributed by atoms with Gasteiger partial charge in [0, 0.05) is 61.6 Å². The number of nitrogens with zero attached hydrogens (tertiary/aromatic N) is 4. The zero-order valence-corrected chi connectivity index (χ0v) is 24.8. The van der Waals surface area contributed by atoms with Crippen LogP contribution in [-0.4, -0.2) is 19.9 Å². The Morgan fingerprint density at radius 2 is 1.07 bits per heavy atom. The van der Waals surface area contributed by atoms with Crippen molar-refractivity contribution in [1.29, 1.82) is 0 Å². The van der Waals surface area contributed by atoms with Gasteiger partial charge in [0.05, 0.1) is 33.6 Å². The van der Waals surface area contributed by atoms with Crippen molar-refractivity contribution in [3.8, 4) is 44.9 Å². The van der Waals surface area contributed by atoms with E-state index in [0.29, 0.717) is 0 Å². The first kappa shape index (κ1) is 26.2. The van der Waals surface area contributed by atoms with Crippen molar-refractivity contribution >= 4 is 43.5 Å². The van der Waals surface area contributed by atoms with Crippen LogP contribution < -0.4 is 0 Å². The number of aromatic nitrogens is 4. The highest BCUT2D eigenvalue weighted by atomic mass is 14.8. The Balaban J connectivity index is 1.27. The van der Waals surface area contributed by atoms with Gasteiger partial charge in [-0.3, -0.25) is 4.98 Å². The second-order valence-corrected chi connectivity index (χ2v) is 11.5. The van der Waals surface area contributed by atoms with Crippen LogP contribution in [0.15, 0.2) is 158 Å². The van der Waals surface area contributed by atoms with Crippen molar-refractivity contribution in [2.24, 2.45) is 0 Å². The summed E-state index contributed by atoms with van der Waals surface area (Å²) in [5.74, 6) is 0. The SMILES string of the molecule is c1ccc(-c2ccc3ccc4ccc(-c5ccc6c(c5)nc(-c5ccccc5)c5cccc(-c7cccnc7)c56)nc4c3n2)cc1. The Morgan fingerprint density at radius 1 is 0.413 bits per heavy atom. The van der Waals surface area contributed by atoms with Crippen molar-refractivity contribution < 1.29 is 0 Å². The topological polar surface area (TPSA) is 51.6 Å². The minimum Gasteiger partial charge on any atom is -0.264 e. The molecule has 9 aromatic rings. The highest BCUT2D eigenvalue weighted by molar-refractivity contribution is 6.17. The molecule has 0 aliphatic heterocycles. The third-order valence-corrected chi connectivity index (χ3v) is 8.72. The summed E-state index contributed by atoms with van der Waals surface area (Å²) in [6, 6.07) is 50.5. The van der Waals surface area contributed by atoms with E-state index in [1.165, 1.54) is 5.39 Å². The van der Waals surface area contributed by atoms with Gasteiger partial charge in [0.1, 0.15) is 0 Å². The molecular formula is C42H26N4. The number of pyridine rings is 4. The number of hydrogen-bond donors (Lipinski definition) is 0. The first-order valence-electron chi connectivity index (χ1n) is 15.4. The fourth-order valence-electron chi connectivity index (χ4n) is 6.49. The summed E-state index contributed by atoms with van der Waals surface area (Å²) in [7, 11) is 0. The van der Waals surface area contributed by atoms with E-state index >= 15 is 0 Å². The largest absolute Gasteiger partial charge is 0.264 e. The predicted molar refractivity (Wildman–Crippen MR) is 189 cm³/mol. The third kappa shape index (κ3) is 4.39. The van der Waals surface area contributed by atoms with Gasteiger partial charge in [-0.1, -0.05) is 121 Å². The number of hydrogen-bond acceptors (Lipinski definition) is 4. The second-order valence-electron chi connectivity index (χ2n) is 11.5. The molecule has 0 unspecified atom stereocenters. The molecule has 0 fully saturated rings. The Morgan fingerprint density at radius 3 is 1.76 bits per heavy atom. The van der Waals surface area contributed by atoms with Gasteiger partial charge >= 0.3 is 0 Å². The zero-order chi connectivity index (χ0) is 30.5. The maximum Gasteiger partial charge on any atom is 0.0972 e. The molecule has 4 heteroatoms. The minimum absolute atomic E-state index is 0.887. The lowest BCUT2D eigenvalue weighted by Crippen LogP contribution is -1.94. The van der Waals surface area contributed by atoms with Crippen LogP contribution in [-0.2, 0) is 0 Å². The highest BCUT2D eigenvalue weighted by Gasteiger charge is 2.16. The molecule has 0 bridgehead atoms. The molecule has 214 valence electrons. The monoisotopic (exact) mass is 586 g/mol. The van der Waals surface area contributed by atoms with Gasteiger partial charge in [0.2, 0.25) is 0 Å². The lowest BCUT2D eigenvalue weighted by atomic mass is 9.93. The normalized spacial score (nSPS) is 11.5. The highest BCUT2D eigenvalue weighted by Crippen LogP contribution is 2.39. The van der Waals surface area contributed by atoms with Gasteiger partial charge in [-0.2, -0.15) is 0 Å². The molecule has 0 aliphatic rings. The van der Waals surface area contributed by atoms with Crippen LogP contribution in [0, 0.1) is 0 Å². The molecule has 9 rings (SSSR count). The van der Waals surface area contributed by atoms with E-state index < -0.39 is 0 Å². The Hall–Kier alpha value is -6.26.